The lowest BCUT2D eigenvalue weighted by molar-refractivity contribution is -0.141. The maximum absolute atomic E-state index is 11.3. The van der Waals surface area contributed by atoms with Gasteiger partial charge in [0.1, 0.15) is 11.5 Å². The van der Waals surface area contributed by atoms with Crippen LogP contribution in [0.25, 0.3) is 0 Å². The third kappa shape index (κ3) is 4.64. The molecule has 0 fully saturated rings. The van der Waals surface area contributed by atoms with Gasteiger partial charge in [-0.05, 0) is 67.5 Å². The summed E-state index contributed by atoms with van der Waals surface area (Å²) in [6.45, 7) is 7.00. The van der Waals surface area contributed by atoms with Gasteiger partial charge >= 0.3 is 5.97 Å². The van der Waals surface area contributed by atoms with E-state index in [4.69, 9.17) is 9.47 Å². The van der Waals surface area contributed by atoms with Crippen molar-refractivity contribution < 1.29 is 19.4 Å². The fourth-order valence-electron chi connectivity index (χ4n) is 3.79. The molecule has 1 N–H and O–H groups in total. The first kappa shape index (κ1) is 20.2. The van der Waals surface area contributed by atoms with Crippen LogP contribution in [-0.4, -0.2) is 29.3 Å². The van der Waals surface area contributed by atoms with Crippen molar-refractivity contribution in [3.05, 3.63) is 52.8 Å². The molecule has 0 amide bonds. The Bertz CT molecular complexity index is 833. The summed E-state index contributed by atoms with van der Waals surface area (Å²) in [5.74, 6) is 0.689. The highest BCUT2D eigenvalue weighted by Gasteiger charge is 2.31. The maximum atomic E-state index is 11.3. The molecule has 0 bridgehead atoms. The van der Waals surface area contributed by atoms with E-state index in [1.54, 1.807) is 6.92 Å². The number of ether oxygens (including phenoxy) is 2. The standard InChI is InChI=1S/C23H29NO4/c1-4-18-7-11-22(16(3)24-18)28-13-5-12-27-19-8-10-21-17(14-19)6-9-20(21)15(2)23(25)26/h7-8,10-11,14-15,20H,4-6,9,12-13H2,1-3H3,(H,25,26)/t15?,20-/m0/s1. The van der Waals surface area contributed by atoms with Gasteiger partial charge in [0.25, 0.3) is 0 Å². The first-order valence-corrected chi connectivity index (χ1v) is 10.1. The summed E-state index contributed by atoms with van der Waals surface area (Å²) in [4.78, 5) is 15.8. The average Bonchev–Trinajstić information content (AvgIpc) is 3.11. The normalized spacial score (nSPS) is 16.5. The third-order valence-corrected chi connectivity index (χ3v) is 5.50. The monoisotopic (exact) mass is 383 g/mol. The van der Waals surface area contributed by atoms with Gasteiger partial charge in [-0.1, -0.05) is 19.9 Å². The Morgan fingerprint density at radius 3 is 2.75 bits per heavy atom. The van der Waals surface area contributed by atoms with E-state index < -0.39 is 5.97 Å². The lowest BCUT2D eigenvalue weighted by Gasteiger charge is -2.16. The van der Waals surface area contributed by atoms with E-state index in [1.165, 1.54) is 5.56 Å². The SMILES string of the molecule is CCc1ccc(OCCCOc2ccc3c(c2)CC[C@H]3C(C)C(=O)O)c(C)n1. The van der Waals surface area contributed by atoms with Gasteiger partial charge in [0.2, 0.25) is 0 Å². The second-order valence-corrected chi connectivity index (χ2v) is 7.42. The molecular weight excluding hydrogens is 354 g/mol. The number of fused-ring (bicyclic) bond motifs is 1. The van der Waals surface area contributed by atoms with Crippen molar-refractivity contribution in [2.75, 3.05) is 13.2 Å². The first-order chi connectivity index (χ1) is 13.5. The number of hydrogen-bond donors (Lipinski definition) is 1. The summed E-state index contributed by atoms with van der Waals surface area (Å²) in [5.41, 5.74) is 4.36. The molecule has 0 radical (unpaired) electrons. The Labute approximate surface area is 166 Å². The molecule has 1 aliphatic carbocycles. The molecule has 1 aromatic heterocycles. The highest BCUT2D eigenvalue weighted by Crippen LogP contribution is 2.39. The van der Waals surface area contributed by atoms with Gasteiger partial charge in [-0.3, -0.25) is 9.78 Å². The molecule has 0 saturated heterocycles. The van der Waals surface area contributed by atoms with Crippen LogP contribution in [-0.2, 0) is 17.6 Å². The van der Waals surface area contributed by atoms with Crippen LogP contribution in [0.1, 0.15) is 55.1 Å². The smallest absolute Gasteiger partial charge is 0.306 e. The van der Waals surface area contributed by atoms with E-state index in [9.17, 15) is 9.90 Å². The number of aromatic nitrogens is 1. The van der Waals surface area contributed by atoms with E-state index >= 15 is 0 Å². The van der Waals surface area contributed by atoms with Gasteiger partial charge in [-0.25, -0.2) is 0 Å². The van der Waals surface area contributed by atoms with Gasteiger partial charge in [-0.15, -0.1) is 0 Å². The molecule has 150 valence electrons. The molecule has 1 aliphatic rings. The van der Waals surface area contributed by atoms with Crippen LogP contribution in [0.2, 0.25) is 0 Å². The number of benzene rings is 1. The van der Waals surface area contributed by atoms with E-state index in [-0.39, 0.29) is 11.8 Å². The summed E-state index contributed by atoms with van der Waals surface area (Å²) in [5, 5.41) is 9.27. The molecule has 3 rings (SSSR count). The van der Waals surface area contributed by atoms with E-state index in [2.05, 4.69) is 18.0 Å². The van der Waals surface area contributed by atoms with Crippen LogP contribution in [0, 0.1) is 12.8 Å². The van der Waals surface area contributed by atoms with Crippen molar-refractivity contribution in [1.29, 1.82) is 0 Å². The number of carboxylic acid groups (broad SMARTS) is 1. The first-order valence-electron chi connectivity index (χ1n) is 10.1. The molecule has 5 heteroatoms. The van der Waals surface area contributed by atoms with Crippen molar-refractivity contribution in [1.82, 2.24) is 4.98 Å². The van der Waals surface area contributed by atoms with Crippen LogP contribution in [0.3, 0.4) is 0 Å². The minimum Gasteiger partial charge on any atom is -0.493 e. The summed E-state index contributed by atoms with van der Waals surface area (Å²) in [7, 11) is 0. The topological polar surface area (TPSA) is 68.7 Å². The summed E-state index contributed by atoms with van der Waals surface area (Å²) >= 11 is 0. The number of pyridine rings is 1. The van der Waals surface area contributed by atoms with Crippen LogP contribution in [0.15, 0.2) is 30.3 Å². The number of rotatable bonds is 9. The summed E-state index contributed by atoms with van der Waals surface area (Å²) < 4.78 is 11.7. The van der Waals surface area contributed by atoms with Gasteiger partial charge in [0.15, 0.2) is 0 Å². The molecule has 1 unspecified atom stereocenters. The zero-order chi connectivity index (χ0) is 20.1. The Morgan fingerprint density at radius 2 is 2.04 bits per heavy atom. The fraction of sp³-hybridized carbons (Fsp3) is 0.478. The number of aliphatic carboxylic acids is 1. The Balaban J connectivity index is 1.47. The highest BCUT2D eigenvalue weighted by molar-refractivity contribution is 5.71. The third-order valence-electron chi connectivity index (χ3n) is 5.50. The molecular formula is C23H29NO4. The molecule has 0 saturated carbocycles. The van der Waals surface area contributed by atoms with Gasteiger partial charge in [0, 0.05) is 12.1 Å². The molecule has 1 heterocycles. The zero-order valence-corrected chi connectivity index (χ0v) is 16.9. The van der Waals surface area contributed by atoms with Crippen molar-refractivity contribution in [2.45, 2.75) is 52.4 Å². The molecule has 28 heavy (non-hydrogen) atoms. The fourth-order valence-corrected chi connectivity index (χ4v) is 3.79. The van der Waals surface area contributed by atoms with E-state index in [1.807, 2.05) is 31.2 Å². The molecule has 1 aromatic carbocycles. The number of carbonyl (C=O) groups is 1. The quantitative estimate of drug-likeness (QED) is 0.643. The van der Waals surface area contributed by atoms with E-state index in [0.29, 0.717) is 13.2 Å². The van der Waals surface area contributed by atoms with Crippen LogP contribution in [0.5, 0.6) is 11.5 Å². The predicted molar refractivity (Wildman–Crippen MR) is 108 cm³/mol. The largest absolute Gasteiger partial charge is 0.493 e. The zero-order valence-electron chi connectivity index (χ0n) is 16.9. The van der Waals surface area contributed by atoms with Crippen molar-refractivity contribution in [2.24, 2.45) is 5.92 Å². The highest BCUT2D eigenvalue weighted by atomic mass is 16.5. The molecule has 2 atom stereocenters. The van der Waals surface area contributed by atoms with Gasteiger partial charge in [0.05, 0.1) is 24.8 Å². The van der Waals surface area contributed by atoms with Crippen molar-refractivity contribution in [3.8, 4) is 11.5 Å². The lowest BCUT2D eigenvalue weighted by atomic mass is 9.89. The molecule has 0 aliphatic heterocycles. The van der Waals surface area contributed by atoms with Crippen LogP contribution < -0.4 is 9.47 Å². The van der Waals surface area contributed by atoms with E-state index in [0.717, 1.165) is 54.1 Å². The van der Waals surface area contributed by atoms with Gasteiger partial charge < -0.3 is 14.6 Å². The van der Waals surface area contributed by atoms with Gasteiger partial charge in [-0.2, -0.15) is 0 Å². The minimum atomic E-state index is -0.729. The van der Waals surface area contributed by atoms with Crippen molar-refractivity contribution in [3.63, 3.8) is 0 Å². The summed E-state index contributed by atoms with van der Waals surface area (Å²) in [6.07, 6.45) is 3.51. The Kier molecular flexibility index (Phi) is 6.55. The molecule has 5 nitrogen and oxygen atoms in total. The van der Waals surface area contributed by atoms with Crippen LogP contribution in [0.4, 0.5) is 0 Å². The number of aryl methyl sites for hydroxylation is 3. The second-order valence-electron chi connectivity index (χ2n) is 7.42. The number of nitrogens with zero attached hydrogens (tertiary/aromatic N) is 1. The Hall–Kier alpha value is -2.56. The summed E-state index contributed by atoms with van der Waals surface area (Å²) in [6, 6.07) is 10.0. The van der Waals surface area contributed by atoms with Crippen molar-refractivity contribution >= 4 is 5.97 Å². The Morgan fingerprint density at radius 1 is 1.25 bits per heavy atom. The molecule has 2 aromatic rings. The molecule has 0 spiro atoms. The predicted octanol–water partition coefficient (Wildman–Crippen LogP) is 4.55. The maximum Gasteiger partial charge on any atom is 0.306 e. The number of hydrogen-bond acceptors (Lipinski definition) is 4. The lowest BCUT2D eigenvalue weighted by Crippen LogP contribution is -2.17. The average molecular weight is 383 g/mol. The second kappa shape index (κ2) is 9.09. The minimum absolute atomic E-state index is 0.103. The van der Waals surface area contributed by atoms with Crippen LogP contribution >= 0.6 is 0 Å². The number of carboxylic acids is 1.